The van der Waals surface area contributed by atoms with Crippen molar-refractivity contribution in [3.63, 3.8) is 0 Å². The number of carbonyl (C=O) groups is 1. The lowest BCUT2D eigenvalue weighted by molar-refractivity contribution is -0.112. The molecule has 1 aliphatic carbocycles. The fraction of sp³-hybridized carbons (Fsp3) is 0.409. The Kier molecular flexibility index (Phi) is 4.16. The second-order valence-corrected chi connectivity index (χ2v) is 8.32. The molecule has 6 heteroatoms. The number of aldehydes is 1. The van der Waals surface area contributed by atoms with Crippen LogP contribution in [0.5, 0.6) is 0 Å². The van der Waals surface area contributed by atoms with Gasteiger partial charge in [0.25, 0.3) is 0 Å². The number of hydrogen-bond donors (Lipinski definition) is 1. The lowest BCUT2D eigenvalue weighted by Crippen LogP contribution is -2.35. The number of hydrogen-bond acceptors (Lipinski definition) is 5. The molecule has 0 amide bonds. The van der Waals surface area contributed by atoms with Crippen molar-refractivity contribution >= 4 is 23.1 Å². The van der Waals surface area contributed by atoms with Crippen molar-refractivity contribution < 1.29 is 4.79 Å². The van der Waals surface area contributed by atoms with Crippen molar-refractivity contribution in [2.24, 2.45) is 5.41 Å². The van der Waals surface area contributed by atoms with Crippen LogP contribution in [0.2, 0.25) is 0 Å². The maximum atomic E-state index is 12.0. The minimum atomic E-state index is -0.185. The number of H-pyrrole nitrogens is 1. The van der Waals surface area contributed by atoms with Crippen LogP contribution < -0.4 is 4.90 Å². The Balaban J connectivity index is 1.44. The van der Waals surface area contributed by atoms with Crippen LogP contribution in [-0.4, -0.2) is 52.3 Å². The van der Waals surface area contributed by atoms with E-state index in [4.69, 9.17) is 0 Å². The molecule has 6 nitrogen and oxygen atoms in total. The zero-order valence-electron chi connectivity index (χ0n) is 16.1. The lowest BCUT2D eigenvalue weighted by atomic mass is 10.0. The smallest absolute Gasteiger partial charge is 0.142 e. The van der Waals surface area contributed by atoms with Gasteiger partial charge in [0.05, 0.1) is 11.4 Å². The summed E-state index contributed by atoms with van der Waals surface area (Å²) in [5.41, 5.74) is 3.44. The molecule has 144 valence electrons. The summed E-state index contributed by atoms with van der Waals surface area (Å²) >= 11 is 0. The summed E-state index contributed by atoms with van der Waals surface area (Å²) < 4.78 is 0. The number of rotatable bonds is 4. The Morgan fingerprint density at radius 1 is 1.11 bits per heavy atom. The molecule has 0 radical (unpaired) electrons. The Bertz CT molecular complexity index is 992. The van der Waals surface area contributed by atoms with Crippen LogP contribution in [0.3, 0.4) is 0 Å². The fourth-order valence-electron chi connectivity index (χ4n) is 4.45. The second kappa shape index (κ2) is 6.71. The van der Waals surface area contributed by atoms with Crippen LogP contribution in [0.25, 0.3) is 11.0 Å². The van der Waals surface area contributed by atoms with E-state index in [-0.39, 0.29) is 11.5 Å². The zero-order valence-corrected chi connectivity index (χ0v) is 16.1. The highest BCUT2D eigenvalue weighted by Gasteiger charge is 2.48. The topological polar surface area (TPSA) is 65.1 Å². The molecule has 0 bridgehead atoms. The molecule has 1 aromatic carbocycles. The molecular formula is C22H25N5O. The van der Waals surface area contributed by atoms with Gasteiger partial charge in [-0.15, -0.1) is 0 Å². The van der Waals surface area contributed by atoms with Crippen molar-refractivity contribution in [1.29, 1.82) is 0 Å². The molecule has 3 aromatic rings. The van der Waals surface area contributed by atoms with Gasteiger partial charge in [0.2, 0.25) is 0 Å². The van der Waals surface area contributed by atoms with Gasteiger partial charge >= 0.3 is 0 Å². The summed E-state index contributed by atoms with van der Waals surface area (Å²) in [6.07, 6.45) is 7.07. The Labute approximate surface area is 164 Å². The summed E-state index contributed by atoms with van der Waals surface area (Å²) in [6.45, 7) is 5.72. The normalized spacial score (nSPS) is 20.2. The van der Waals surface area contributed by atoms with Crippen molar-refractivity contribution in [2.45, 2.75) is 25.8 Å². The third-order valence-electron chi connectivity index (χ3n) is 6.25. The number of aryl methyl sites for hydroxylation is 1. The van der Waals surface area contributed by atoms with E-state index in [1.165, 1.54) is 18.4 Å². The monoisotopic (exact) mass is 375 g/mol. The largest absolute Gasteiger partial charge is 0.354 e. The van der Waals surface area contributed by atoms with Gasteiger partial charge in [-0.3, -0.25) is 4.90 Å². The van der Waals surface area contributed by atoms with Crippen molar-refractivity contribution in [3.05, 3.63) is 54.0 Å². The molecule has 1 spiro atoms. The van der Waals surface area contributed by atoms with Gasteiger partial charge in [0.15, 0.2) is 0 Å². The van der Waals surface area contributed by atoms with Crippen LogP contribution in [0.4, 0.5) is 5.82 Å². The number of nitrogens with zero attached hydrogens (tertiary/aromatic N) is 4. The number of anilines is 1. The van der Waals surface area contributed by atoms with Crippen LogP contribution >= 0.6 is 0 Å². The van der Waals surface area contributed by atoms with E-state index in [0.29, 0.717) is 0 Å². The molecule has 3 heterocycles. The SMILES string of the molecule is Cc1ccc(C(C=O)N2CCN(c3ncnc4[nH]ccc34)CC3(CC3)C2)cc1. The molecular weight excluding hydrogens is 350 g/mol. The molecule has 1 N–H and O–H groups in total. The molecule has 5 rings (SSSR count). The predicted octanol–water partition coefficient (Wildman–Crippen LogP) is 3.11. The quantitative estimate of drug-likeness (QED) is 0.710. The van der Waals surface area contributed by atoms with Gasteiger partial charge in [0.1, 0.15) is 24.1 Å². The molecule has 1 aliphatic heterocycles. The first-order valence-electron chi connectivity index (χ1n) is 9.96. The van der Waals surface area contributed by atoms with Gasteiger partial charge < -0.3 is 14.7 Å². The highest BCUT2D eigenvalue weighted by atomic mass is 16.1. The summed E-state index contributed by atoms with van der Waals surface area (Å²) in [7, 11) is 0. The highest BCUT2D eigenvalue weighted by molar-refractivity contribution is 5.87. The van der Waals surface area contributed by atoms with Crippen molar-refractivity contribution in [3.8, 4) is 0 Å². The minimum Gasteiger partial charge on any atom is -0.354 e. The fourth-order valence-corrected chi connectivity index (χ4v) is 4.45. The number of fused-ring (bicyclic) bond motifs is 1. The predicted molar refractivity (Wildman–Crippen MR) is 109 cm³/mol. The minimum absolute atomic E-state index is 0.185. The summed E-state index contributed by atoms with van der Waals surface area (Å²) in [5, 5.41) is 1.07. The number of benzene rings is 1. The molecule has 1 saturated heterocycles. The van der Waals surface area contributed by atoms with Crippen LogP contribution in [0.1, 0.15) is 30.0 Å². The third kappa shape index (κ3) is 3.07. The van der Waals surface area contributed by atoms with E-state index < -0.39 is 0 Å². The zero-order chi connectivity index (χ0) is 19.1. The highest BCUT2D eigenvalue weighted by Crippen LogP contribution is 2.49. The van der Waals surface area contributed by atoms with Crippen molar-refractivity contribution in [1.82, 2.24) is 19.9 Å². The van der Waals surface area contributed by atoms with E-state index in [0.717, 1.165) is 54.9 Å². The van der Waals surface area contributed by atoms with Gasteiger partial charge in [-0.25, -0.2) is 9.97 Å². The van der Waals surface area contributed by atoms with Crippen molar-refractivity contribution in [2.75, 3.05) is 31.1 Å². The third-order valence-corrected chi connectivity index (χ3v) is 6.25. The van der Waals surface area contributed by atoms with E-state index in [9.17, 15) is 4.79 Å². The maximum absolute atomic E-state index is 12.0. The Hall–Kier alpha value is -2.73. The van der Waals surface area contributed by atoms with E-state index in [2.05, 4.69) is 55.9 Å². The first-order valence-corrected chi connectivity index (χ1v) is 9.96. The van der Waals surface area contributed by atoms with Crippen LogP contribution in [-0.2, 0) is 4.79 Å². The maximum Gasteiger partial charge on any atom is 0.142 e. The average molecular weight is 375 g/mol. The Morgan fingerprint density at radius 3 is 2.68 bits per heavy atom. The standard InChI is InChI=1S/C22H25N5O/c1-16-2-4-17(5-3-16)19(12-28)26-10-11-27(14-22(13-26)7-8-22)21-18-6-9-23-20(18)24-15-25-21/h2-6,9,12,15,19H,7-8,10-11,13-14H2,1H3,(H,23,24,25). The van der Waals surface area contributed by atoms with E-state index in [1.807, 2.05) is 12.3 Å². The summed E-state index contributed by atoms with van der Waals surface area (Å²) in [4.78, 5) is 28.9. The molecule has 1 saturated carbocycles. The van der Waals surface area contributed by atoms with Crippen LogP contribution in [0, 0.1) is 12.3 Å². The van der Waals surface area contributed by atoms with Gasteiger partial charge in [-0.2, -0.15) is 0 Å². The van der Waals surface area contributed by atoms with Gasteiger partial charge in [-0.05, 0) is 31.4 Å². The number of nitrogens with one attached hydrogen (secondary N) is 1. The molecule has 2 fully saturated rings. The van der Waals surface area contributed by atoms with Gasteiger partial charge in [0, 0.05) is 37.8 Å². The summed E-state index contributed by atoms with van der Waals surface area (Å²) in [5.74, 6) is 0.998. The van der Waals surface area contributed by atoms with E-state index >= 15 is 0 Å². The second-order valence-electron chi connectivity index (χ2n) is 8.32. The molecule has 28 heavy (non-hydrogen) atoms. The number of aromatic nitrogens is 3. The average Bonchev–Trinajstić information content (AvgIpc) is 3.34. The first-order chi connectivity index (χ1) is 13.7. The lowest BCUT2D eigenvalue weighted by Gasteiger charge is -2.29. The Morgan fingerprint density at radius 2 is 1.93 bits per heavy atom. The summed E-state index contributed by atoms with van der Waals surface area (Å²) in [6, 6.07) is 10.2. The van der Waals surface area contributed by atoms with Gasteiger partial charge in [-0.1, -0.05) is 29.8 Å². The number of carbonyl (C=O) groups excluding carboxylic acids is 1. The van der Waals surface area contributed by atoms with Crippen LogP contribution in [0.15, 0.2) is 42.9 Å². The first kappa shape index (κ1) is 17.4. The van der Waals surface area contributed by atoms with E-state index in [1.54, 1.807) is 6.33 Å². The molecule has 1 atom stereocenters. The molecule has 2 aromatic heterocycles. The number of aromatic amines is 1. The molecule has 1 unspecified atom stereocenters. The molecule has 2 aliphatic rings.